The van der Waals surface area contributed by atoms with Crippen LogP contribution in [0.15, 0.2) is 0 Å². The van der Waals surface area contributed by atoms with E-state index in [4.69, 9.17) is 9.26 Å². The molecule has 6 nitrogen and oxygen atoms in total. The van der Waals surface area contributed by atoms with Crippen LogP contribution in [0.1, 0.15) is 19.8 Å². The second-order valence-corrected chi connectivity index (χ2v) is 11.0. The molecule has 122 valence electrons. The van der Waals surface area contributed by atoms with Crippen LogP contribution in [0.25, 0.3) is 0 Å². The van der Waals surface area contributed by atoms with Gasteiger partial charge in [0.15, 0.2) is 0 Å². The van der Waals surface area contributed by atoms with E-state index in [1.165, 1.54) is 7.11 Å². The molecule has 0 spiro atoms. The highest BCUT2D eigenvalue weighted by molar-refractivity contribution is 8.41. The zero-order chi connectivity index (χ0) is 16.0. The minimum atomic E-state index is -0.659. The summed E-state index contributed by atoms with van der Waals surface area (Å²) in [5.41, 5.74) is 0. The van der Waals surface area contributed by atoms with Gasteiger partial charge in [-0.3, -0.25) is 9.59 Å². The van der Waals surface area contributed by atoms with Gasteiger partial charge in [-0.15, -0.1) is 0 Å². The number of rotatable bonds is 8. The van der Waals surface area contributed by atoms with Gasteiger partial charge in [0.25, 0.3) is 0 Å². The second kappa shape index (κ2) is 9.33. The Labute approximate surface area is 132 Å². The van der Waals surface area contributed by atoms with Crippen molar-refractivity contribution in [1.29, 1.82) is 0 Å². The van der Waals surface area contributed by atoms with Crippen molar-refractivity contribution in [3.05, 3.63) is 0 Å². The van der Waals surface area contributed by atoms with E-state index in [1.54, 1.807) is 11.8 Å². The third-order valence-corrected chi connectivity index (χ3v) is 4.94. The Kier molecular flexibility index (Phi) is 8.52. The van der Waals surface area contributed by atoms with Gasteiger partial charge in [-0.1, -0.05) is 17.9 Å². The van der Waals surface area contributed by atoms with Crippen LogP contribution in [0.3, 0.4) is 0 Å². The van der Waals surface area contributed by atoms with Crippen molar-refractivity contribution in [1.82, 2.24) is 10.2 Å². The number of hydrogen-bond acceptors (Lipinski definition) is 4. The third-order valence-electron chi connectivity index (χ3n) is 3.60. The number of hydrogen-bond donors (Lipinski definition) is 1. The lowest BCUT2D eigenvalue weighted by Crippen LogP contribution is -2.44. The fourth-order valence-corrected chi connectivity index (χ4v) is 3.10. The van der Waals surface area contributed by atoms with Gasteiger partial charge in [0.2, 0.25) is 11.8 Å². The maximum Gasteiger partial charge on any atom is 0.249 e. The van der Waals surface area contributed by atoms with Crippen molar-refractivity contribution in [2.75, 3.05) is 27.3 Å². The van der Waals surface area contributed by atoms with Gasteiger partial charge in [-0.2, -0.15) is 0 Å². The summed E-state index contributed by atoms with van der Waals surface area (Å²) in [6.45, 7) is 2.87. The van der Waals surface area contributed by atoms with E-state index < -0.39 is 13.6 Å². The third kappa shape index (κ3) is 6.42. The summed E-state index contributed by atoms with van der Waals surface area (Å²) >= 11 is 0. The topological polar surface area (TPSA) is 67.9 Å². The van der Waals surface area contributed by atoms with Crippen LogP contribution in [0.4, 0.5) is 0 Å². The van der Waals surface area contributed by atoms with Crippen LogP contribution in [0.5, 0.6) is 0 Å². The molecule has 1 aliphatic rings. The number of carbonyl (C=O) groups is 2. The molecular weight excluding hydrogens is 329 g/mol. The fraction of sp³-hybridized carbons (Fsp3) is 0.833. The first-order chi connectivity index (χ1) is 9.85. The molecule has 0 radical (unpaired) electrons. The molecule has 0 aromatic carbocycles. The average Bonchev–Trinajstić information content (AvgIpc) is 2.75. The summed E-state index contributed by atoms with van der Waals surface area (Å²) in [6, 6.07) is -0.179. The molecule has 21 heavy (non-hydrogen) atoms. The van der Waals surface area contributed by atoms with Crippen LogP contribution >= 0.6 is 25.4 Å². The Balaban J connectivity index is 2.59. The van der Waals surface area contributed by atoms with E-state index in [2.05, 4.69) is 23.2 Å². The van der Waals surface area contributed by atoms with Crippen LogP contribution in [0.2, 0.25) is 0 Å². The summed E-state index contributed by atoms with van der Waals surface area (Å²) < 4.78 is 10.6. The molecule has 1 N–H and O–H groups in total. The molecule has 0 saturated carbocycles. The second-order valence-electron chi connectivity index (χ2n) is 5.22. The zero-order valence-corrected chi connectivity index (χ0v) is 15.9. The van der Waals surface area contributed by atoms with Gasteiger partial charge in [-0.05, 0) is 19.8 Å². The molecule has 2 amide bonds. The number of ether oxygens (including phenoxy) is 1. The van der Waals surface area contributed by atoms with Crippen LogP contribution < -0.4 is 5.32 Å². The number of amides is 2. The minimum absolute atomic E-state index is 0.0398. The first-order valence-corrected chi connectivity index (χ1v) is 11.3. The smallest absolute Gasteiger partial charge is 0.249 e. The van der Waals surface area contributed by atoms with Gasteiger partial charge < -0.3 is 19.5 Å². The molecule has 0 aromatic heterocycles. The minimum Gasteiger partial charge on any atom is -0.372 e. The zero-order valence-electron chi connectivity index (χ0n) is 12.7. The average molecular weight is 354 g/mol. The molecule has 1 rings (SSSR count). The quantitative estimate of drug-likeness (QED) is 0.669. The van der Waals surface area contributed by atoms with Crippen LogP contribution in [-0.4, -0.2) is 56.2 Å². The summed E-state index contributed by atoms with van der Waals surface area (Å²) in [6.07, 6.45) is 0.921. The van der Waals surface area contributed by atoms with Gasteiger partial charge in [0.1, 0.15) is 6.10 Å². The molecule has 9 heteroatoms. The predicted octanol–water partition coefficient (Wildman–Crippen LogP) is 1.37. The highest BCUT2D eigenvalue weighted by Gasteiger charge is 2.32. The van der Waals surface area contributed by atoms with Gasteiger partial charge in [-0.25, -0.2) is 0 Å². The number of nitrogens with one attached hydrogen (secondary N) is 1. The highest BCUT2D eigenvalue weighted by Crippen LogP contribution is 2.53. The predicted molar refractivity (Wildman–Crippen MR) is 91.1 cm³/mol. The Morgan fingerprint density at radius 1 is 1.57 bits per heavy atom. The Hall–Kier alpha value is 0.150. The lowest BCUT2D eigenvalue weighted by molar-refractivity contribution is -0.133. The van der Waals surface area contributed by atoms with Gasteiger partial charge in [0, 0.05) is 26.6 Å². The van der Waals surface area contributed by atoms with E-state index in [0.29, 0.717) is 13.0 Å². The summed E-state index contributed by atoms with van der Waals surface area (Å²) in [5.74, 6) is -0.0724. The van der Waals surface area contributed by atoms with Crippen LogP contribution in [-0.2, 0) is 18.8 Å². The summed E-state index contributed by atoms with van der Waals surface area (Å²) in [5, 5.41) is 2.92. The monoisotopic (exact) mass is 354 g/mol. The molecule has 1 aliphatic heterocycles. The van der Waals surface area contributed by atoms with Crippen molar-refractivity contribution in [2.24, 2.45) is 5.92 Å². The van der Waals surface area contributed by atoms with E-state index >= 15 is 0 Å². The molecule has 1 heterocycles. The maximum absolute atomic E-state index is 12.0. The van der Waals surface area contributed by atoms with Crippen molar-refractivity contribution < 1.29 is 18.8 Å². The number of likely N-dealkylation sites (tertiary alicyclic amines) is 1. The standard InChI is InChI=1S/C12H25N2O4P3/c1-8(17-3)11(15)13-10(7-18-21(19)20)6-9-4-5-14(2)12(9)16/h8-10H,4-7,19-20H2,1-3H3,(H,13,15). The van der Waals surface area contributed by atoms with Gasteiger partial charge >= 0.3 is 0 Å². The molecule has 1 fully saturated rings. The molecule has 5 unspecified atom stereocenters. The van der Waals surface area contributed by atoms with E-state index in [1.807, 2.05) is 7.05 Å². The normalized spacial score (nSPS) is 21.7. The fourth-order valence-electron chi connectivity index (χ4n) is 2.23. The Morgan fingerprint density at radius 3 is 2.71 bits per heavy atom. The van der Waals surface area contributed by atoms with E-state index in [0.717, 1.165) is 13.0 Å². The molecular formula is C12H25N2O4P3. The Morgan fingerprint density at radius 2 is 2.24 bits per heavy atom. The highest BCUT2D eigenvalue weighted by atomic mass is 32.4. The maximum atomic E-state index is 12.0. The van der Waals surface area contributed by atoms with Crippen molar-refractivity contribution in [3.63, 3.8) is 0 Å². The van der Waals surface area contributed by atoms with Gasteiger partial charge in [0.05, 0.1) is 20.2 Å². The van der Waals surface area contributed by atoms with Crippen molar-refractivity contribution in [2.45, 2.75) is 31.9 Å². The first kappa shape index (κ1) is 19.2. The Bertz CT molecular complexity index is 370. The number of carbonyl (C=O) groups excluding carboxylic acids is 2. The summed E-state index contributed by atoms with van der Waals surface area (Å²) in [7, 11) is 7.81. The molecule has 0 bridgehead atoms. The van der Waals surface area contributed by atoms with E-state index in [9.17, 15) is 9.59 Å². The van der Waals surface area contributed by atoms with E-state index in [-0.39, 0.29) is 23.8 Å². The molecule has 1 saturated heterocycles. The first-order valence-electron chi connectivity index (χ1n) is 6.85. The van der Waals surface area contributed by atoms with Crippen molar-refractivity contribution in [3.8, 4) is 0 Å². The largest absolute Gasteiger partial charge is 0.372 e. The number of nitrogens with zero attached hydrogens (tertiary/aromatic N) is 1. The van der Waals surface area contributed by atoms with Crippen molar-refractivity contribution >= 4 is 37.2 Å². The lowest BCUT2D eigenvalue weighted by atomic mass is 9.98. The SMILES string of the molecule is COC(C)C(=O)NC(COP(P)P)CC1CCN(C)C1=O. The van der Waals surface area contributed by atoms with Crippen LogP contribution in [0, 0.1) is 5.92 Å². The molecule has 0 aliphatic carbocycles. The summed E-state index contributed by atoms with van der Waals surface area (Å²) in [4.78, 5) is 25.7. The molecule has 0 aromatic rings. The number of methoxy groups -OCH3 is 1. The lowest BCUT2D eigenvalue weighted by Gasteiger charge is -2.23. The molecule has 5 atom stereocenters.